The minimum absolute atomic E-state index is 0.765. The highest BCUT2D eigenvalue weighted by atomic mass is 15.1. The van der Waals surface area contributed by atoms with Gasteiger partial charge < -0.3 is 5.73 Å². The predicted octanol–water partition coefficient (Wildman–Crippen LogP) is 3.43. The van der Waals surface area contributed by atoms with E-state index in [-0.39, 0.29) is 0 Å². The van der Waals surface area contributed by atoms with E-state index in [4.69, 9.17) is 5.73 Å². The van der Waals surface area contributed by atoms with E-state index in [0.29, 0.717) is 0 Å². The number of anilines is 1. The number of hydrogen-bond acceptors (Lipinski definition) is 2. The molecule has 1 aromatic heterocycles. The zero-order chi connectivity index (χ0) is 13.2. The van der Waals surface area contributed by atoms with Crippen molar-refractivity contribution in [2.45, 2.75) is 6.92 Å². The fraction of sp³-hybridized carbons (Fsp3) is 0.0625. The molecule has 94 valence electrons. The van der Waals surface area contributed by atoms with E-state index in [2.05, 4.69) is 40.7 Å². The minimum Gasteiger partial charge on any atom is -0.399 e. The van der Waals surface area contributed by atoms with Crippen LogP contribution in [0.1, 0.15) is 5.56 Å². The number of aryl methyl sites for hydroxylation is 1. The second kappa shape index (κ2) is 4.61. The molecule has 2 aromatic carbocycles. The SMILES string of the molecule is Cc1ccc(-c2nccn2-c2ccc(N)cc2)cc1. The Morgan fingerprint density at radius 1 is 0.947 bits per heavy atom. The van der Waals surface area contributed by atoms with Gasteiger partial charge in [-0.15, -0.1) is 0 Å². The fourth-order valence-electron chi connectivity index (χ4n) is 2.06. The monoisotopic (exact) mass is 249 g/mol. The molecule has 0 aliphatic rings. The number of aromatic nitrogens is 2. The van der Waals surface area contributed by atoms with Crippen LogP contribution in [0.15, 0.2) is 60.9 Å². The summed E-state index contributed by atoms with van der Waals surface area (Å²) in [6.45, 7) is 2.08. The Labute approximate surface area is 112 Å². The van der Waals surface area contributed by atoms with Crippen LogP contribution in [-0.2, 0) is 0 Å². The van der Waals surface area contributed by atoms with E-state index < -0.39 is 0 Å². The van der Waals surface area contributed by atoms with Crippen LogP contribution in [0.3, 0.4) is 0 Å². The number of nitrogens with zero attached hydrogens (tertiary/aromatic N) is 2. The van der Waals surface area contributed by atoms with Crippen molar-refractivity contribution in [2.24, 2.45) is 0 Å². The Balaban J connectivity index is 2.07. The lowest BCUT2D eigenvalue weighted by molar-refractivity contribution is 1.07. The average Bonchev–Trinajstić information content (AvgIpc) is 2.90. The number of nitrogen functional groups attached to an aromatic ring is 1. The quantitative estimate of drug-likeness (QED) is 0.707. The molecule has 0 saturated carbocycles. The average molecular weight is 249 g/mol. The molecule has 1 heterocycles. The number of benzene rings is 2. The normalized spacial score (nSPS) is 10.6. The van der Waals surface area contributed by atoms with E-state index in [0.717, 1.165) is 22.8 Å². The third-order valence-electron chi connectivity index (χ3n) is 3.12. The van der Waals surface area contributed by atoms with Crippen LogP contribution in [0.2, 0.25) is 0 Å². The zero-order valence-corrected chi connectivity index (χ0v) is 10.7. The highest BCUT2D eigenvalue weighted by molar-refractivity contribution is 5.59. The van der Waals surface area contributed by atoms with Gasteiger partial charge in [0.25, 0.3) is 0 Å². The van der Waals surface area contributed by atoms with Gasteiger partial charge >= 0.3 is 0 Å². The number of hydrogen-bond donors (Lipinski definition) is 1. The molecule has 0 saturated heterocycles. The van der Waals surface area contributed by atoms with Gasteiger partial charge in [-0.05, 0) is 31.2 Å². The van der Waals surface area contributed by atoms with E-state index in [1.165, 1.54) is 5.56 Å². The Morgan fingerprint density at radius 3 is 2.32 bits per heavy atom. The highest BCUT2D eigenvalue weighted by Crippen LogP contribution is 2.22. The molecule has 3 rings (SSSR count). The van der Waals surface area contributed by atoms with Gasteiger partial charge in [-0.25, -0.2) is 4.98 Å². The molecule has 0 aliphatic heterocycles. The summed E-state index contributed by atoms with van der Waals surface area (Å²) >= 11 is 0. The van der Waals surface area contributed by atoms with Gasteiger partial charge in [0.2, 0.25) is 0 Å². The molecule has 2 N–H and O–H groups in total. The van der Waals surface area contributed by atoms with Crippen molar-refractivity contribution in [1.29, 1.82) is 0 Å². The molecule has 19 heavy (non-hydrogen) atoms. The second-order valence-corrected chi connectivity index (χ2v) is 4.58. The minimum atomic E-state index is 0.765. The summed E-state index contributed by atoms with van der Waals surface area (Å²) in [7, 11) is 0. The summed E-state index contributed by atoms with van der Waals surface area (Å²) in [5.41, 5.74) is 9.89. The number of rotatable bonds is 2. The molecule has 0 fully saturated rings. The van der Waals surface area contributed by atoms with Gasteiger partial charge in [0.1, 0.15) is 5.82 Å². The molecule has 3 aromatic rings. The Bertz CT molecular complexity index is 619. The Kier molecular flexibility index (Phi) is 2.80. The molecular weight excluding hydrogens is 234 g/mol. The molecule has 0 aliphatic carbocycles. The van der Waals surface area contributed by atoms with Gasteiger partial charge in [-0.3, -0.25) is 4.57 Å². The largest absolute Gasteiger partial charge is 0.399 e. The van der Waals surface area contributed by atoms with E-state index in [1.807, 2.05) is 36.7 Å². The van der Waals surface area contributed by atoms with Crippen molar-refractivity contribution < 1.29 is 0 Å². The Morgan fingerprint density at radius 2 is 1.63 bits per heavy atom. The van der Waals surface area contributed by atoms with Crippen LogP contribution in [0.4, 0.5) is 5.69 Å². The molecule has 0 amide bonds. The van der Waals surface area contributed by atoms with Crippen LogP contribution < -0.4 is 5.73 Å². The fourth-order valence-corrected chi connectivity index (χ4v) is 2.06. The first-order chi connectivity index (χ1) is 9.24. The van der Waals surface area contributed by atoms with Gasteiger partial charge in [0.05, 0.1) is 0 Å². The second-order valence-electron chi connectivity index (χ2n) is 4.58. The Hall–Kier alpha value is -2.55. The smallest absolute Gasteiger partial charge is 0.144 e. The molecule has 3 heteroatoms. The first-order valence-corrected chi connectivity index (χ1v) is 6.20. The molecule has 0 radical (unpaired) electrons. The van der Waals surface area contributed by atoms with E-state index >= 15 is 0 Å². The summed E-state index contributed by atoms with van der Waals surface area (Å²) in [6.07, 6.45) is 3.77. The first kappa shape index (κ1) is 11.5. The molecule has 0 unspecified atom stereocenters. The molecular formula is C16H15N3. The molecule has 0 atom stereocenters. The number of imidazole rings is 1. The summed E-state index contributed by atoms with van der Waals surface area (Å²) < 4.78 is 2.06. The maximum Gasteiger partial charge on any atom is 0.144 e. The predicted molar refractivity (Wildman–Crippen MR) is 78.1 cm³/mol. The maximum atomic E-state index is 5.72. The third kappa shape index (κ3) is 2.22. The number of nitrogens with two attached hydrogens (primary N) is 1. The summed E-state index contributed by atoms with van der Waals surface area (Å²) in [5, 5.41) is 0. The highest BCUT2D eigenvalue weighted by Gasteiger charge is 2.07. The maximum absolute atomic E-state index is 5.72. The van der Waals surface area contributed by atoms with Gasteiger partial charge in [-0.2, -0.15) is 0 Å². The van der Waals surface area contributed by atoms with E-state index in [9.17, 15) is 0 Å². The molecule has 0 spiro atoms. The van der Waals surface area contributed by atoms with Crippen molar-refractivity contribution in [3.05, 3.63) is 66.5 Å². The topological polar surface area (TPSA) is 43.8 Å². The van der Waals surface area contributed by atoms with Gasteiger partial charge in [-0.1, -0.05) is 29.8 Å². The summed E-state index contributed by atoms with van der Waals surface area (Å²) in [5.74, 6) is 0.935. The van der Waals surface area contributed by atoms with Crippen LogP contribution in [0.25, 0.3) is 17.1 Å². The van der Waals surface area contributed by atoms with Gasteiger partial charge in [0, 0.05) is 29.3 Å². The lowest BCUT2D eigenvalue weighted by Crippen LogP contribution is -1.96. The molecule has 0 bridgehead atoms. The van der Waals surface area contributed by atoms with Crippen LogP contribution in [0, 0.1) is 6.92 Å². The first-order valence-electron chi connectivity index (χ1n) is 6.20. The van der Waals surface area contributed by atoms with Crippen LogP contribution >= 0.6 is 0 Å². The third-order valence-corrected chi connectivity index (χ3v) is 3.12. The standard InChI is InChI=1S/C16H15N3/c1-12-2-4-13(5-3-12)16-18-10-11-19(16)15-8-6-14(17)7-9-15/h2-11H,17H2,1H3. The summed E-state index contributed by atoms with van der Waals surface area (Å²) in [6, 6.07) is 16.2. The van der Waals surface area contributed by atoms with Crippen molar-refractivity contribution in [1.82, 2.24) is 9.55 Å². The zero-order valence-electron chi connectivity index (χ0n) is 10.7. The molecule has 3 nitrogen and oxygen atoms in total. The van der Waals surface area contributed by atoms with Crippen molar-refractivity contribution in [2.75, 3.05) is 5.73 Å². The lowest BCUT2D eigenvalue weighted by atomic mass is 10.1. The van der Waals surface area contributed by atoms with E-state index in [1.54, 1.807) is 0 Å². The van der Waals surface area contributed by atoms with Gasteiger partial charge in [0.15, 0.2) is 0 Å². The van der Waals surface area contributed by atoms with Crippen molar-refractivity contribution in [3.63, 3.8) is 0 Å². The van der Waals surface area contributed by atoms with Crippen molar-refractivity contribution >= 4 is 5.69 Å². The van der Waals surface area contributed by atoms with Crippen LogP contribution in [0.5, 0.6) is 0 Å². The lowest BCUT2D eigenvalue weighted by Gasteiger charge is -2.08. The van der Waals surface area contributed by atoms with Crippen molar-refractivity contribution in [3.8, 4) is 17.1 Å². The van der Waals surface area contributed by atoms with Crippen LogP contribution in [-0.4, -0.2) is 9.55 Å². The summed E-state index contributed by atoms with van der Waals surface area (Å²) in [4.78, 5) is 4.45.